The molecule has 4 nitrogen and oxygen atoms in total. The third kappa shape index (κ3) is 5.54. The maximum absolute atomic E-state index is 13.4. The maximum Gasteiger partial charge on any atom is 0.416 e. The first-order chi connectivity index (χ1) is 18.8. The van der Waals surface area contributed by atoms with Crippen molar-refractivity contribution >= 4 is 33.9 Å². The number of benzene rings is 2. The van der Waals surface area contributed by atoms with E-state index in [4.69, 9.17) is 12.2 Å². The van der Waals surface area contributed by atoms with Gasteiger partial charge in [-0.2, -0.15) is 26.3 Å². The van der Waals surface area contributed by atoms with Gasteiger partial charge in [-0.1, -0.05) is 31.2 Å². The van der Waals surface area contributed by atoms with Crippen LogP contribution in [0.4, 0.5) is 32.0 Å². The van der Waals surface area contributed by atoms with Crippen LogP contribution in [0.25, 0.3) is 10.9 Å². The Morgan fingerprint density at radius 2 is 1.77 bits per heavy atom. The summed E-state index contributed by atoms with van der Waals surface area (Å²) in [6, 6.07) is 10.4. The van der Waals surface area contributed by atoms with Crippen LogP contribution in [-0.4, -0.2) is 34.1 Å². The molecule has 1 aromatic heterocycles. The Balaban J connectivity index is 1.50. The number of fused-ring (bicyclic) bond motifs is 4. The van der Waals surface area contributed by atoms with Crippen molar-refractivity contribution < 1.29 is 26.3 Å². The minimum atomic E-state index is -4.96. The second-order valence-corrected chi connectivity index (χ2v) is 11.2. The van der Waals surface area contributed by atoms with Crippen molar-refractivity contribution in [1.82, 2.24) is 15.2 Å². The average molecular weight is 579 g/mol. The van der Waals surface area contributed by atoms with Crippen LogP contribution in [0.15, 0.2) is 67.4 Å². The summed E-state index contributed by atoms with van der Waals surface area (Å²) in [6.45, 7) is 7.92. The average Bonchev–Trinajstić information content (AvgIpc) is 2.90. The lowest BCUT2D eigenvalue weighted by molar-refractivity contribution is -0.143. The molecule has 3 aliphatic rings. The molecule has 2 aromatic carbocycles. The predicted octanol–water partition coefficient (Wildman–Crippen LogP) is 7.59. The number of nitrogens with one attached hydrogen (secondary N) is 2. The van der Waals surface area contributed by atoms with Gasteiger partial charge in [-0.3, -0.25) is 9.88 Å². The molecule has 2 N–H and O–H groups in total. The van der Waals surface area contributed by atoms with E-state index in [9.17, 15) is 26.3 Å². The lowest BCUT2D eigenvalue weighted by atomic mass is 9.62. The molecule has 0 saturated carbocycles. The van der Waals surface area contributed by atoms with Gasteiger partial charge in [0.2, 0.25) is 0 Å². The van der Waals surface area contributed by atoms with E-state index in [2.05, 4.69) is 34.0 Å². The van der Waals surface area contributed by atoms with Gasteiger partial charge in [-0.05, 0) is 78.8 Å². The van der Waals surface area contributed by atoms with Gasteiger partial charge in [0.05, 0.1) is 22.7 Å². The number of piperidine rings is 3. The fraction of sp³-hybridized carbons (Fsp3) is 0.379. The van der Waals surface area contributed by atoms with E-state index in [1.807, 2.05) is 36.4 Å². The first kappa shape index (κ1) is 28.4. The summed E-state index contributed by atoms with van der Waals surface area (Å²) in [4.78, 5) is 6.81. The number of thiocarbonyl (C=S) groups is 1. The molecule has 5 atom stereocenters. The minimum Gasteiger partial charge on any atom is -0.354 e. The summed E-state index contributed by atoms with van der Waals surface area (Å²) < 4.78 is 80.5. The molecule has 0 spiro atoms. The van der Waals surface area contributed by atoms with Gasteiger partial charge in [0.1, 0.15) is 0 Å². The van der Waals surface area contributed by atoms with Crippen LogP contribution in [-0.2, 0) is 12.4 Å². The van der Waals surface area contributed by atoms with Crippen LogP contribution in [0.2, 0.25) is 0 Å². The summed E-state index contributed by atoms with van der Waals surface area (Å²) in [7, 11) is 0. The third-order valence-corrected chi connectivity index (χ3v) is 8.48. The SMILES string of the molecule is C=C[C@H]1CN2CC[C@@]1(C)C[C@H]2[C@@H](NC(=S)Nc1cc(C(F)(F)F)cc(C(F)(F)F)c1)c1ccnc2ccccc12. The zero-order valence-electron chi connectivity index (χ0n) is 21.6. The highest BCUT2D eigenvalue weighted by Crippen LogP contribution is 2.50. The van der Waals surface area contributed by atoms with Gasteiger partial charge in [0.15, 0.2) is 5.11 Å². The normalized spacial score (nSPS) is 25.4. The summed E-state index contributed by atoms with van der Waals surface area (Å²) in [5.74, 6) is 0.309. The van der Waals surface area contributed by atoms with Gasteiger partial charge >= 0.3 is 12.4 Å². The van der Waals surface area contributed by atoms with Crippen molar-refractivity contribution in [2.24, 2.45) is 11.3 Å². The standard InChI is InChI=1S/C29H28F6N4S/c1-3-17-16-39-11-9-27(17,2)15-24(39)25(22-8-10-36-23-7-5-4-6-21(22)23)38-26(40)37-20-13-18(28(30,31)32)12-19(14-20)29(33,34)35/h3-8,10,12-14,17,24-25H,1,9,11,15-16H2,2H3,(H2,37,38,40)/t17-,24-,25-,27-/m0/s1. The molecule has 2 bridgehead atoms. The second-order valence-electron chi connectivity index (χ2n) is 10.8. The number of hydrogen-bond donors (Lipinski definition) is 2. The van der Waals surface area contributed by atoms with Crippen LogP contribution in [0, 0.1) is 11.3 Å². The molecule has 0 aliphatic carbocycles. The van der Waals surface area contributed by atoms with E-state index in [-0.39, 0.29) is 22.6 Å². The molecule has 212 valence electrons. The van der Waals surface area contributed by atoms with Crippen LogP contribution in [0.3, 0.4) is 0 Å². The highest BCUT2D eigenvalue weighted by molar-refractivity contribution is 7.80. The van der Waals surface area contributed by atoms with Gasteiger partial charge in [0.25, 0.3) is 0 Å². The first-order valence-corrected chi connectivity index (χ1v) is 13.3. The van der Waals surface area contributed by atoms with Gasteiger partial charge in [-0.25, -0.2) is 0 Å². The van der Waals surface area contributed by atoms with Crippen molar-refractivity contribution in [1.29, 1.82) is 0 Å². The Morgan fingerprint density at radius 3 is 2.40 bits per heavy atom. The number of halogens is 6. The molecule has 3 aliphatic heterocycles. The Kier molecular flexibility index (Phi) is 7.33. The molecule has 3 saturated heterocycles. The number of rotatable bonds is 5. The number of hydrogen-bond acceptors (Lipinski definition) is 3. The summed E-state index contributed by atoms with van der Waals surface area (Å²) in [5.41, 5.74) is -1.56. The number of pyridine rings is 1. The second kappa shape index (κ2) is 10.3. The topological polar surface area (TPSA) is 40.2 Å². The van der Waals surface area contributed by atoms with E-state index in [0.29, 0.717) is 18.1 Å². The fourth-order valence-corrected chi connectivity index (χ4v) is 6.35. The molecule has 0 radical (unpaired) electrons. The number of nitrogens with zero attached hydrogens (tertiary/aromatic N) is 2. The molecule has 40 heavy (non-hydrogen) atoms. The van der Waals surface area contributed by atoms with Gasteiger partial charge in [-0.15, -0.1) is 6.58 Å². The number of alkyl halides is 6. The summed E-state index contributed by atoms with van der Waals surface area (Å²) in [5, 5.41) is 6.66. The molecular formula is C29H28F6N4S. The largest absolute Gasteiger partial charge is 0.416 e. The molecule has 0 amide bonds. The lowest BCUT2D eigenvalue weighted by Crippen LogP contribution is -2.61. The maximum atomic E-state index is 13.4. The van der Waals surface area contributed by atoms with Crippen LogP contribution >= 0.6 is 12.2 Å². The Bertz CT molecular complexity index is 1400. The zero-order chi connectivity index (χ0) is 28.9. The highest BCUT2D eigenvalue weighted by Gasteiger charge is 2.49. The minimum absolute atomic E-state index is 0.00162. The summed E-state index contributed by atoms with van der Waals surface area (Å²) in [6.07, 6.45) is -4.44. The number of para-hydroxylation sites is 1. The van der Waals surface area contributed by atoms with Crippen molar-refractivity contribution in [2.75, 3.05) is 18.4 Å². The number of aromatic nitrogens is 1. The highest BCUT2D eigenvalue weighted by atomic mass is 32.1. The zero-order valence-corrected chi connectivity index (χ0v) is 22.4. The van der Waals surface area contributed by atoms with E-state index in [0.717, 1.165) is 42.4 Å². The van der Waals surface area contributed by atoms with Crippen molar-refractivity contribution in [3.05, 3.63) is 84.1 Å². The van der Waals surface area contributed by atoms with E-state index in [1.54, 1.807) is 6.20 Å². The van der Waals surface area contributed by atoms with Crippen molar-refractivity contribution in [3.8, 4) is 0 Å². The lowest BCUT2D eigenvalue weighted by Gasteiger charge is -2.57. The molecular weight excluding hydrogens is 550 g/mol. The molecule has 3 aromatic rings. The van der Waals surface area contributed by atoms with E-state index >= 15 is 0 Å². The monoisotopic (exact) mass is 578 g/mol. The predicted molar refractivity (Wildman–Crippen MR) is 147 cm³/mol. The molecule has 6 rings (SSSR count). The van der Waals surface area contributed by atoms with Crippen molar-refractivity contribution in [3.63, 3.8) is 0 Å². The third-order valence-electron chi connectivity index (χ3n) is 8.26. The molecule has 4 heterocycles. The Hall–Kier alpha value is -3.18. The first-order valence-electron chi connectivity index (χ1n) is 12.9. The Labute approximate surface area is 233 Å². The molecule has 1 unspecified atom stereocenters. The van der Waals surface area contributed by atoms with Crippen LogP contribution in [0.1, 0.15) is 42.5 Å². The fourth-order valence-electron chi connectivity index (χ4n) is 6.10. The summed E-state index contributed by atoms with van der Waals surface area (Å²) >= 11 is 5.50. The quantitative estimate of drug-likeness (QED) is 0.186. The van der Waals surface area contributed by atoms with Gasteiger partial charge in [0, 0.05) is 29.9 Å². The number of anilines is 1. The van der Waals surface area contributed by atoms with Gasteiger partial charge < -0.3 is 10.6 Å². The van der Waals surface area contributed by atoms with E-state index < -0.39 is 35.2 Å². The van der Waals surface area contributed by atoms with Crippen molar-refractivity contribution in [2.45, 2.75) is 44.2 Å². The molecule has 3 fully saturated rings. The van der Waals surface area contributed by atoms with Crippen LogP contribution < -0.4 is 10.6 Å². The van der Waals surface area contributed by atoms with Crippen LogP contribution in [0.5, 0.6) is 0 Å². The van der Waals surface area contributed by atoms with E-state index in [1.165, 1.54) is 0 Å². The molecule has 11 heteroatoms. The smallest absolute Gasteiger partial charge is 0.354 e. The Morgan fingerprint density at radius 1 is 1.10 bits per heavy atom.